The fourth-order valence-electron chi connectivity index (χ4n) is 2.24. The molecule has 10 heteroatoms. The van der Waals surface area contributed by atoms with Crippen molar-refractivity contribution in [2.75, 3.05) is 5.33 Å². The Labute approximate surface area is 147 Å². The SMILES string of the molecule is CC(=O)OC1O[C@@H](CBr)[C@@H](OC(C)=O)[C@@H](OC(C)=O)[C@H]1OC(C)=O. The Morgan fingerprint density at radius 1 is 0.750 bits per heavy atom. The van der Waals surface area contributed by atoms with Crippen LogP contribution >= 0.6 is 15.9 Å². The fraction of sp³-hybridized carbons (Fsp3) is 0.714. The van der Waals surface area contributed by atoms with Crippen molar-refractivity contribution in [1.29, 1.82) is 0 Å². The minimum absolute atomic E-state index is 0.188. The summed E-state index contributed by atoms with van der Waals surface area (Å²) in [7, 11) is 0. The van der Waals surface area contributed by atoms with Crippen LogP contribution in [0.25, 0.3) is 0 Å². The van der Waals surface area contributed by atoms with Crippen LogP contribution in [0, 0.1) is 0 Å². The molecule has 1 unspecified atom stereocenters. The van der Waals surface area contributed by atoms with Crippen LogP contribution in [0.2, 0.25) is 0 Å². The van der Waals surface area contributed by atoms with Crippen molar-refractivity contribution in [2.45, 2.75) is 58.4 Å². The van der Waals surface area contributed by atoms with E-state index in [-0.39, 0.29) is 5.33 Å². The molecule has 0 amide bonds. The summed E-state index contributed by atoms with van der Waals surface area (Å²) in [6.07, 6.45) is -5.65. The Morgan fingerprint density at radius 2 is 1.17 bits per heavy atom. The monoisotopic (exact) mass is 410 g/mol. The first-order valence-corrected chi connectivity index (χ1v) is 8.18. The third-order valence-electron chi connectivity index (χ3n) is 2.93. The zero-order valence-corrected chi connectivity index (χ0v) is 15.2. The highest BCUT2D eigenvalue weighted by Gasteiger charge is 2.52. The molecule has 0 aromatic rings. The maximum Gasteiger partial charge on any atom is 0.305 e. The number of halogens is 1. The lowest BCUT2D eigenvalue weighted by atomic mass is 9.99. The maximum absolute atomic E-state index is 11.4. The minimum atomic E-state index is -1.31. The van der Waals surface area contributed by atoms with Crippen molar-refractivity contribution in [3.63, 3.8) is 0 Å². The third-order valence-corrected chi connectivity index (χ3v) is 3.57. The lowest BCUT2D eigenvalue weighted by molar-refractivity contribution is -0.291. The van der Waals surface area contributed by atoms with Gasteiger partial charge in [-0.1, -0.05) is 15.9 Å². The van der Waals surface area contributed by atoms with Gasteiger partial charge in [0.15, 0.2) is 12.2 Å². The second-order valence-corrected chi connectivity index (χ2v) is 5.68. The molecule has 0 aromatic heterocycles. The topological polar surface area (TPSA) is 114 Å². The third kappa shape index (κ3) is 5.75. The Balaban J connectivity index is 3.23. The van der Waals surface area contributed by atoms with Crippen LogP contribution in [0.5, 0.6) is 0 Å². The zero-order chi connectivity index (χ0) is 18.4. The normalized spacial score (nSPS) is 29.3. The number of alkyl halides is 1. The maximum atomic E-state index is 11.4. The molecule has 0 saturated carbocycles. The smallest absolute Gasteiger partial charge is 0.305 e. The molecule has 0 bridgehead atoms. The van der Waals surface area contributed by atoms with E-state index >= 15 is 0 Å². The lowest BCUT2D eigenvalue weighted by Crippen LogP contribution is -2.62. The number of hydrogen-bond donors (Lipinski definition) is 0. The summed E-state index contributed by atoms with van der Waals surface area (Å²) < 4.78 is 26.0. The number of hydrogen-bond acceptors (Lipinski definition) is 9. The zero-order valence-electron chi connectivity index (χ0n) is 13.6. The van der Waals surface area contributed by atoms with Crippen molar-refractivity contribution >= 4 is 39.8 Å². The van der Waals surface area contributed by atoms with Crippen LogP contribution < -0.4 is 0 Å². The van der Waals surface area contributed by atoms with Crippen LogP contribution in [0.3, 0.4) is 0 Å². The Bertz CT molecular complexity index is 506. The summed E-state index contributed by atoms with van der Waals surface area (Å²) in [5.74, 6) is -2.72. The first-order valence-electron chi connectivity index (χ1n) is 7.06. The summed E-state index contributed by atoms with van der Waals surface area (Å²) >= 11 is 3.19. The van der Waals surface area contributed by atoms with Gasteiger partial charge >= 0.3 is 23.9 Å². The highest BCUT2D eigenvalue weighted by molar-refractivity contribution is 9.09. The molecule has 0 spiro atoms. The van der Waals surface area contributed by atoms with Crippen molar-refractivity contribution in [1.82, 2.24) is 0 Å². The van der Waals surface area contributed by atoms with Gasteiger partial charge in [-0.3, -0.25) is 19.2 Å². The highest BCUT2D eigenvalue weighted by atomic mass is 79.9. The molecule has 1 aliphatic rings. The molecule has 1 aliphatic heterocycles. The highest BCUT2D eigenvalue weighted by Crippen LogP contribution is 2.30. The van der Waals surface area contributed by atoms with Gasteiger partial charge in [-0.15, -0.1) is 0 Å². The molecule has 0 radical (unpaired) electrons. The molecule has 1 fully saturated rings. The van der Waals surface area contributed by atoms with Crippen molar-refractivity contribution in [3.8, 4) is 0 Å². The number of carbonyl (C=O) groups is 4. The first kappa shape index (κ1) is 20.4. The van der Waals surface area contributed by atoms with Gasteiger partial charge in [-0.05, 0) is 0 Å². The molecule has 0 aliphatic carbocycles. The van der Waals surface area contributed by atoms with Gasteiger partial charge in [-0.2, -0.15) is 0 Å². The Kier molecular flexibility index (Phi) is 7.61. The van der Waals surface area contributed by atoms with Gasteiger partial charge in [0.2, 0.25) is 12.4 Å². The lowest BCUT2D eigenvalue weighted by Gasteiger charge is -2.43. The van der Waals surface area contributed by atoms with Crippen molar-refractivity contribution < 1.29 is 42.9 Å². The first-order chi connectivity index (χ1) is 11.1. The number of rotatable bonds is 5. The molecule has 0 aromatic carbocycles. The molecule has 136 valence electrons. The van der Waals surface area contributed by atoms with E-state index in [4.69, 9.17) is 23.7 Å². The minimum Gasteiger partial charge on any atom is -0.456 e. The van der Waals surface area contributed by atoms with Gasteiger partial charge < -0.3 is 23.7 Å². The fourth-order valence-corrected chi connectivity index (χ4v) is 2.76. The Hall–Kier alpha value is -1.68. The molecule has 1 rings (SSSR count). The van der Waals surface area contributed by atoms with Gasteiger partial charge in [0.25, 0.3) is 0 Å². The van der Waals surface area contributed by atoms with Crippen LogP contribution in [0.1, 0.15) is 27.7 Å². The second kappa shape index (κ2) is 8.97. The molecular weight excluding hydrogens is 392 g/mol. The molecular formula is C14H19BrO9. The second-order valence-electron chi connectivity index (χ2n) is 5.03. The van der Waals surface area contributed by atoms with E-state index in [1.54, 1.807) is 0 Å². The number of carbonyl (C=O) groups excluding carboxylic acids is 4. The van der Waals surface area contributed by atoms with Crippen LogP contribution in [0.4, 0.5) is 0 Å². The predicted molar refractivity (Wildman–Crippen MR) is 80.9 cm³/mol. The molecule has 24 heavy (non-hydrogen) atoms. The van der Waals surface area contributed by atoms with E-state index in [1.807, 2.05) is 0 Å². The average molecular weight is 411 g/mol. The molecule has 1 heterocycles. The van der Waals surface area contributed by atoms with E-state index in [9.17, 15) is 19.2 Å². The van der Waals surface area contributed by atoms with Crippen molar-refractivity contribution in [2.24, 2.45) is 0 Å². The molecule has 1 saturated heterocycles. The summed E-state index contributed by atoms with van der Waals surface area (Å²) in [5.41, 5.74) is 0. The van der Waals surface area contributed by atoms with E-state index in [0.29, 0.717) is 0 Å². The molecule has 5 atom stereocenters. The van der Waals surface area contributed by atoms with Crippen LogP contribution in [-0.2, 0) is 42.9 Å². The van der Waals surface area contributed by atoms with E-state index in [1.165, 1.54) is 6.92 Å². The summed E-state index contributed by atoms with van der Waals surface area (Å²) in [6, 6.07) is 0. The van der Waals surface area contributed by atoms with Gasteiger partial charge in [0.05, 0.1) is 0 Å². The largest absolute Gasteiger partial charge is 0.456 e. The van der Waals surface area contributed by atoms with E-state index < -0.39 is 54.6 Å². The molecule has 9 nitrogen and oxygen atoms in total. The van der Waals surface area contributed by atoms with Gasteiger partial charge in [0.1, 0.15) is 6.10 Å². The number of ether oxygens (including phenoxy) is 5. The van der Waals surface area contributed by atoms with Crippen LogP contribution in [-0.4, -0.2) is 59.9 Å². The van der Waals surface area contributed by atoms with Gasteiger partial charge in [0, 0.05) is 33.0 Å². The quantitative estimate of drug-likeness (QED) is 0.362. The average Bonchev–Trinajstić information content (AvgIpc) is 2.42. The summed E-state index contributed by atoms with van der Waals surface area (Å²) in [6.45, 7) is 4.60. The van der Waals surface area contributed by atoms with Crippen molar-refractivity contribution in [3.05, 3.63) is 0 Å². The summed E-state index contributed by atoms with van der Waals surface area (Å²) in [4.78, 5) is 45.5. The van der Waals surface area contributed by atoms with E-state index in [2.05, 4.69) is 15.9 Å². The molecule has 0 N–H and O–H groups in total. The predicted octanol–water partition coefficient (Wildman–Crippen LogP) is 0.464. The summed E-state index contributed by atoms with van der Waals surface area (Å²) in [5, 5.41) is 0.188. The Morgan fingerprint density at radius 3 is 1.58 bits per heavy atom. The van der Waals surface area contributed by atoms with E-state index in [0.717, 1.165) is 20.8 Å². The van der Waals surface area contributed by atoms with Crippen LogP contribution in [0.15, 0.2) is 0 Å². The number of esters is 4. The standard InChI is InChI=1S/C14H19BrO9/c1-6(16)20-11-10(5-15)24-14(23-9(4)19)13(22-8(3)18)12(11)21-7(2)17/h10-14H,5H2,1-4H3/t10-,11+,12+,13+,14?/m0/s1. The van der Waals surface area contributed by atoms with Gasteiger partial charge in [-0.25, -0.2) is 0 Å².